The van der Waals surface area contributed by atoms with Crippen molar-refractivity contribution in [2.45, 2.75) is 65.0 Å². The molecule has 2 saturated heterocycles. The fourth-order valence-electron chi connectivity index (χ4n) is 5.93. The normalized spacial score (nSPS) is 17.9. The Kier molecular flexibility index (Phi) is 11.0. The van der Waals surface area contributed by atoms with Gasteiger partial charge in [0.1, 0.15) is 5.75 Å². The number of ether oxygens (including phenoxy) is 1. The van der Waals surface area contributed by atoms with Crippen LogP contribution >= 0.6 is 12.4 Å². The minimum atomic E-state index is -0.203. The van der Waals surface area contributed by atoms with Gasteiger partial charge in [-0.05, 0) is 74.9 Å². The third kappa shape index (κ3) is 7.09. The number of hydrogen-bond acceptors (Lipinski definition) is 4. The average Bonchev–Trinajstić information content (AvgIpc) is 3.23. The Bertz CT molecular complexity index is 1020. The van der Waals surface area contributed by atoms with Gasteiger partial charge in [-0.25, -0.2) is 0 Å². The second-order valence-corrected chi connectivity index (χ2v) is 10.7. The third-order valence-corrected chi connectivity index (χ3v) is 8.56. The maximum Gasteiger partial charge on any atom is 0.229 e. The Morgan fingerprint density at radius 3 is 2.21 bits per heavy atom. The van der Waals surface area contributed by atoms with E-state index in [1.54, 1.807) is 7.11 Å². The van der Waals surface area contributed by atoms with E-state index in [-0.39, 0.29) is 35.7 Å². The van der Waals surface area contributed by atoms with E-state index in [2.05, 4.69) is 36.2 Å². The molecule has 2 fully saturated rings. The smallest absolute Gasteiger partial charge is 0.229 e. The zero-order valence-corrected chi connectivity index (χ0v) is 24.0. The van der Waals surface area contributed by atoms with Gasteiger partial charge in [-0.3, -0.25) is 9.59 Å². The van der Waals surface area contributed by atoms with Crippen LogP contribution in [0.3, 0.4) is 0 Å². The summed E-state index contributed by atoms with van der Waals surface area (Å²) in [5.74, 6) is 1.38. The van der Waals surface area contributed by atoms with E-state index in [1.165, 1.54) is 0 Å². The standard InChI is InChI=1S/C31H43N3O3.ClH/c1-4-25(5-2)29(35)32-28(26-9-7-6-8-10-26)15-19-33-20-16-31(17-21-33)18-22-34(30(31)36)23-24-11-13-27(37-3)14-12-24;/h6-14,25,28H,4-5,15-23H2,1-3H3,(H,32,35);1H. The fraction of sp³-hybridized carbons (Fsp3) is 0.548. The van der Waals surface area contributed by atoms with Crippen molar-refractivity contribution in [1.82, 2.24) is 15.1 Å². The molecule has 2 aliphatic heterocycles. The number of amides is 2. The van der Waals surface area contributed by atoms with Gasteiger partial charge in [0.25, 0.3) is 0 Å². The monoisotopic (exact) mass is 541 g/mol. The van der Waals surface area contributed by atoms with Crippen LogP contribution in [0.15, 0.2) is 54.6 Å². The molecule has 2 amide bonds. The molecular weight excluding hydrogens is 498 g/mol. The number of benzene rings is 2. The van der Waals surface area contributed by atoms with Crippen molar-refractivity contribution in [3.05, 3.63) is 65.7 Å². The highest BCUT2D eigenvalue weighted by Gasteiger charge is 2.47. The zero-order chi connectivity index (χ0) is 26.3. The molecule has 2 aromatic rings. The second kappa shape index (κ2) is 14.0. The van der Waals surface area contributed by atoms with Gasteiger partial charge in [0.05, 0.1) is 18.6 Å². The summed E-state index contributed by atoms with van der Waals surface area (Å²) in [5.41, 5.74) is 2.10. The lowest BCUT2D eigenvalue weighted by Gasteiger charge is -2.38. The summed E-state index contributed by atoms with van der Waals surface area (Å²) in [6.45, 7) is 8.46. The molecule has 7 heteroatoms. The number of nitrogens with one attached hydrogen (secondary N) is 1. The predicted octanol–water partition coefficient (Wildman–Crippen LogP) is 5.62. The molecule has 1 spiro atoms. The second-order valence-electron chi connectivity index (χ2n) is 10.7. The summed E-state index contributed by atoms with van der Waals surface area (Å²) >= 11 is 0. The molecule has 0 saturated carbocycles. The van der Waals surface area contributed by atoms with Crippen molar-refractivity contribution in [2.75, 3.05) is 33.3 Å². The highest BCUT2D eigenvalue weighted by Crippen LogP contribution is 2.42. The molecule has 0 aromatic heterocycles. The molecule has 1 N–H and O–H groups in total. The molecule has 1 atom stereocenters. The van der Waals surface area contributed by atoms with Crippen LogP contribution in [0.4, 0.5) is 0 Å². The lowest BCUT2D eigenvalue weighted by molar-refractivity contribution is -0.139. The number of hydrogen-bond donors (Lipinski definition) is 1. The maximum absolute atomic E-state index is 13.4. The number of halogens is 1. The van der Waals surface area contributed by atoms with Gasteiger partial charge < -0.3 is 19.9 Å². The molecule has 2 aromatic carbocycles. The lowest BCUT2D eigenvalue weighted by atomic mass is 9.77. The summed E-state index contributed by atoms with van der Waals surface area (Å²) in [6, 6.07) is 18.3. The average molecular weight is 542 g/mol. The lowest BCUT2D eigenvalue weighted by Crippen LogP contribution is -2.45. The molecular formula is C31H44ClN3O3. The zero-order valence-electron chi connectivity index (χ0n) is 23.2. The van der Waals surface area contributed by atoms with Crippen LogP contribution in [-0.4, -0.2) is 54.9 Å². The van der Waals surface area contributed by atoms with Crippen LogP contribution in [0.5, 0.6) is 5.75 Å². The van der Waals surface area contributed by atoms with E-state index in [1.807, 2.05) is 47.4 Å². The minimum Gasteiger partial charge on any atom is -0.497 e. The number of likely N-dealkylation sites (tertiary alicyclic amines) is 2. The Morgan fingerprint density at radius 1 is 0.974 bits per heavy atom. The number of piperidine rings is 1. The maximum atomic E-state index is 13.4. The van der Waals surface area contributed by atoms with E-state index in [0.29, 0.717) is 12.5 Å². The van der Waals surface area contributed by atoms with Crippen molar-refractivity contribution in [3.63, 3.8) is 0 Å². The van der Waals surface area contributed by atoms with Gasteiger partial charge in [-0.2, -0.15) is 0 Å². The first-order chi connectivity index (χ1) is 18.0. The molecule has 0 aliphatic carbocycles. The molecule has 38 heavy (non-hydrogen) atoms. The van der Waals surface area contributed by atoms with Crippen LogP contribution in [0, 0.1) is 11.3 Å². The molecule has 0 radical (unpaired) electrons. The fourth-order valence-corrected chi connectivity index (χ4v) is 5.93. The number of carbonyl (C=O) groups is 2. The van der Waals surface area contributed by atoms with E-state index in [0.717, 1.165) is 81.6 Å². The highest BCUT2D eigenvalue weighted by atomic mass is 35.5. The van der Waals surface area contributed by atoms with Crippen LogP contribution in [0.25, 0.3) is 0 Å². The van der Waals surface area contributed by atoms with Crippen molar-refractivity contribution in [3.8, 4) is 5.75 Å². The summed E-state index contributed by atoms with van der Waals surface area (Å²) in [4.78, 5) is 30.8. The number of methoxy groups -OCH3 is 1. The van der Waals surface area contributed by atoms with E-state index < -0.39 is 0 Å². The first kappa shape index (κ1) is 30.0. The van der Waals surface area contributed by atoms with Gasteiger partial charge in [0.2, 0.25) is 11.8 Å². The Balaban J connectivity index is 0.00000400. The van der Waals surface area contributed by atoms with Gasteiger partial charge in [-0.15, -0.1) is 12.4 Å². The summed E-state index contributed by atoms with van der Waals surface area (Å²) in [5, 5.41) is 3.33. The summed E-state index contributed by atoms with van der Waals surface area (Å²) in [6.07, 6.45) is 5.39. The molecule has 1 unspecified atom stereocenters. The van der Waals surface area contributed by atoms with Crippen molar-refractivity contribution in [1.29, 1.82) is 0 Å². The summed E-state index contributed by atoms with van der Waals surface area (Å²) < 4.78 is 5.25. The van der Waals surface area contributed by atoms with Crippen molar-refractivity contribution in [2.24, 2.45) is 11.3 Å². The van der Waals surface area contributed by atoms with Crippen molar-refractivity contribution >= 4 is 24.2 Å². The van der Waals surface area contributed by atoms with Crippen LogP contribution in [0.1, 0.15) is 69.5 Å². The highest BCUT2D eigenvalue weighted by molar-refractivity contribution is 5.85. The van der Waals surface area contributed by atoms with Gasteiger partial charge in [0, 0.05) is 25.6 Å². The van der Waals surface area contributed by atoms with Crippen molar-refractivity contribution < 1.29 is 14.3 Å². The number of carbonyl (C=O) groups excluding carboxylic acids is 2. The molecule has 6 nitrogen and oxygen atoms in total. The quantitative estimate of drug-likeness (QED) is 0.401. The van der Waals surface area contributed by atoms with Crippen LogP contribution in [-0.2, 0) is 16.1 Å². The topological polar surface area (TPSA) is 61.9 Å². The first-order valence-corrected chi connectivity index (χ1v) is 14.0. The Labute approximate surface area is 234 Å². The predicted molar refractivity (Wildman–Crippen MR) is 154 cm³/mol. The van der Waals surface area contributed by atoms with Crippen LogP contribution < -0.4 is 10.1 Å². The Morgan fingerprint density at radius 2 is 1.61 bits per heavy atom. The summed E-state index contributed by atoms with van der Waals surface area (Å²) in [7, 11) is 1.67. The largest absolute Gasteiger partial charge is 0.497 e. The molecule has 4 rings (SSSR count). The van der Waals surface area contributed by atoms with E-state index in [9.17, 15) is 9.59 Å². The molecule has 208 valence electrons. The number of nitrogens with zero attached hydrogens (tertiary/aromatic N) is 2. The van der Waals surface area contributed by atoms with Crippen LogP contribution in [0.2, 0.25) is 0 Å². The first-order valence-electron chi connectivity index (χ1n) is 14.0. The SMILES string of the molecule is CCC(CC)C(=O)NC(CCN1CCC2(CC1)CCN(Cc1ccc(OC)cc1)C2=O)c1ccccc1.Cl. The van der Waals surface area contributed by atoms with E-state index >= 15 is 0 Å². The molecule has 2 aliphatic rings. The third-order valence-electron chi connectivity index (χ3n) is 8.56. The Hall–Kier alpha value is -2.57. The van der Waals surface area contributed by atoms with Gasteiger partial charge in [0.15, 0.2) is 0 Å². The van der Waals surface area contributed by atoms with Gasteiger partial charge in [-0.1, -0.05) is 56.3 Å². The van der Waals surface area contributed by atoms with Gasteiger partial charge >= 0.3 is 0 Å². The van der Waals surface area contributed by atoms with E-state index in [4.69, 9.17) is 4.74 Å². The molecule has 0 bridgehead atoms. The number of rotatable bonds is 11. The molecule has 2 heterocycles. The minimum absolute atomic E-state index is 0.